The predicted octanol–water partition coefficient (Wildman–Crippen LogP) is 4.75. The number of ether oxygens (including phenoxy) is 3. The van der Waals surface area contributed by atoms with E-state index < -0.39 is 17.8 Å². The van der Waals surface area contributed by atoms with Crippen molar-refractivity contribution in [2.75, 3.05) is 26.1 Å². The van der Waals surface area contributed by atoms with Gasteiger partial charge in [-0.3, -0.25) is 4.79 Å². The summed E-state index contributed by atoms with van der Waals surface area (Å²) in [5.41, 5.74) is 2.27. The number of anilines is 1. The second-order valence-electron chi connectivity index (χ2n) is 10.3. The molecule has 0 aromatic heterocycles. The van der Waals surface area contributed by atoms with Crippen LogP contribution < -0.4 is 10.1 Å². The molecule has 1 N–H and O–H groups in total. The summed E-state index contributed by atoms with van der Waals surface area (Å²) >= 11 is 0. The number of hydrogen-bond acceptors (Lipinski definition) is 6. The molecule has 0 aliphatic heterocycles. The molecule has 7 nitrogen and oxygen atoms in total. The number of rotatable bonds is 7. The summed E-state index contributed by atoms with van der Waals surface area (Å²) in [7, 11) is 2.49. The molecule has 35 heavy (non-hydrogen) atoms. The lowest BCUT2D eigenvalue weighted by Gasteiger charge is -2.57. The maximum atomic E-state index is 12.5. The summed E-state index contributed by atoms with van der Waals surface area (Å²) in [6, 6.07) is 12.5. The second kappa shape index (κ2) is 9.36. The third-order valence-electron chi connectivity index (χ3n) is 7.93. The molecule has 2 aromatic rings. The number of carbonyl (C=O) groups excluding carboxylic acids is 3. The molecule has 0 heterocycles. The first kappa shape index (κ1) is 23.4. The van der Waals surface area contributed by atoms with Crippen LogP contribution in [0.5, 0.6) is 5.75 Å². The zero-order valence-corrected chi connectivity index (χ0v) is 20.2. The van der Waals surface area contributed by atoms with Gasteiger partial charge < -0.3 is 19.5 Å². The van der Waals surface area contributed by atoms with E-state index in [4.69, 9.17) is 14.2 Å². The van der Waals surface area contributed by atoms with Gasteiger partial charge in [-0.15, -0.1) is 0 Å². The zero-order valence-electron chi connectivity index (χ0n) is 20.2. The molecule has 7 heteroatoms. The van der Waals surface area contributed by atoms with Gasteiger partial charge in [0.2, 0.25) is 0 Å². The molecule has 4 bridgehead atoms. The lowest BCUT2D eigenvalue weighted by atomic mass is 9.48. The van der Waals surface area contributed by atoms with E-state index in [2.05, 4.69) is 17.4 Å². The van der Waals surface area contributed by atoms with Gasteiger partial charge in [0.15, 0.2) is 6.61 Å². The maximum Gasteiger partial charge on any atom is 0.337 e. The molecular weight excluding hydrogens is 446 g/mol. The van der Waals surface area contributed by atoms with E-state index in [1.54, 1.807) is 0 Å². The van der Waals surface area contributed by atoms with Gasteiger partial charge in [-0.1, -0.05) is 12.1 Å². The van der Waals surface area contributed by atoms with Crippen molar-refractivity contribution in [3.63, 3.8) is 0 Å². The zero-order chi connectivity index (χ0) is 24.6. The van der Waals surface area contributed by atoms with Crippen molar-refractivity contribution < 1.29 is 28.6 Å². The third-order valence-corrected chi connectivity index (χ3v) is 7.93. The van der Waals surface area contributed by atoms with Crippen LogP contribution in [-0.4, -0.2) is 38.7 Å². The van der Waals surface area contributed by atoms with Crippen LogP contribution >= 0.6 is 0 Å². The molecule has 4 aliphatic rings. The highest BCUT2D eigenvalue weighted by Crippen LogP contribution is 2.60. The van der Waals surface area contributed by atoms with E-state index >= 15 is 0 Å². The fraction of sp³-hybridized carbons (Fsp3) is 0.464. The Kier molecular flexibility index (Phi) is 6.26. The minimum Gasteiger partial charge on any atom is -0.484 e. The molecule has 2 aromatic carbocycles. The topological polar surface area (TPSA) is 90.9 Å². The average Bonchev–Trinajstić information content (AvgIpc) is 2.85. The first-order valence-corrected chi connectivity index (χ1v) is 12.2. The highest BCUT2D eigenvalue weighted by molar-refractivity contribution is 5.99. The van der Waals surface area contributed by atoms with E-state index in [9.17, 15) is 14.4 Å². The molecule has 184 valence electrons. The fourth-order valence-electron chi connectivity index (χ4n) is 6.89. The smallest absolute Gasteiger partial charge is 0.337 e. The Morgan fingerprint density at radius 1 is 0.829 bits per heavy atom. The van der Waals surface area contributed by atoms with Crippen molar-refractivity contribution >= 4 is 23.5 Å². The number of nitrogens with one attached hydrogen (secondary N) is 1. The van der Waals surface area contributed by atoms with Crippen LogP contribution in [0, 0.1) is 17.8 Å². The Morgan fingerprint density at radius 3 is 1.83 bits per heavy atom. The van der Waals surface area contributed by atoms with Gasteiger partial charge >= 0.3 is 11.9 Å². The summed E-state index contributed by atoms with van der Waals surface area (Å²) in [6.45, 7) is -0.202. The fourth-order valence-corrected chi connectivity index (χ4v) is 6.89. The molecule has 0 unspecified atom stereocenters. The lowest BCUT2D eigenvalue weighted by Crippen LogP contribution is -2.48. The van der Waals surface area contributed by atoms with Gasteiger partial charge in [-0.05, 0) is 97.6 Å². The van der Waals surface area contributed by atoms with Crippen LogP contribution in [-0.2, 0) is 19.7 Å². The Bertz CT molecular complexity index is 1070. The molecule has 6 rings (SSSR count). The Hall–Kier alpha value is -3.35. The van der Waals surface area contributed by atoms with Crippen LogP contribution in [0.1, 0.15) is 64.8 Å². The summed E-state index contributed by atoms with van der Waals surface area (Å²) in [5.74, 6) is 1.64. The molecule has 0 spiro atoms. The molecule has 0 saturated heterocycles. The van der Waals surface area contributed by atoms with Gasteiger partial charge in [-0.25, -0.2) is 9.59 Å². The normalized spacial score (nSPS) is 26.2. The first-order valence-electron chi connectivity index (χ1n) is 12.2. The standard InChI is InChI=1S/C28H31NO6/c1-33-26(31)20-10-21(27(32)34-2)12-23(11-20)29-25(30)16-35-24-5-3-22(4-6-24)28-13-17-7-18(14-28)9-19(8-17)15-28/h3-6,10-12,17-19H,7-9,13-16H2,1-2H3,(H,29,30). The average molecular weight is 478 g/mol. The highest BCUT2D eigenvalue weighted by atomic mass is 16.5. The maximum absolute atomic E-state index is 12.5. The van der Waals surface area contributed by atoms with Crippen LogP contribution in [0.15, 0.2) is 42.5 Å². The Labute approximate surface area is 205 Å². The van der Waals surface area contributed by atoms with Gasteiger partial charge in [0.1, 0.15) is 5.75 Å². The molecule has 1 amide bonds. The van der Waals surface area contributed by atoms with Crippen molar-refractivity contribution in [3.05, 3.63) is 59.2 Å². The second-order valence-corrected chi connectivity index (χ2v) is 10.3. The van der Waals surface area contributed by atoms with E-state index in [1.807, 2.05) is 12.1 Å². The lowest BCUT2D eigenvalue weighted by molar-refractivity contribution is -0.118. The minimum absolute atomic E-state index is 0.131. The van der Waals surface area contributed by atoms with Crippen molar-refractivity contribution in [1.82, 2.24) is 0 Å². The number of benzene rings is 2. The van der Waals surface area contributed by atoms with Crippen molar-refractivity contribution in [3.8, 4) is 5.75 Å². The minimum atomic E-state index is -0.624. The summed E-state index contributed by atoms with van der Waals surface area (Å²) in [6.07, 6.45) is 8.16. The molecular formula is C28H31NO6. The Morgan fingerprint density at radius 2 is 1.34 bits per heavy atom. The number of esters is 2. The van der Waals surface area contributed by atoms with Crippen molar-refractivity contribution in [2.45, 2.75) is 43.9 Å². The molecule has 4 aliphatic carbocycles. The van der Waals surface area contributed by atoms with Crippen LogP contribution in [0.25, 0.3) is 0 Å². The van der Waals surface area contributed by atoms with Crippen LogP contribution in [0.2, 0.25) is 0 Å². The van der Waals surface area contributed by atoms with Crippen LogP contribution in [0.4, 0.5) is 5.69 Å². The van der Waals surface area contributed by atoms with E-state index in [0.717, 1.165) is 17.8 Å². The summed E-state index contributed by atoms with van der Waals surface area (Å²) in [4.78, 5) is 36.4. The Balaban J connectivity index is 1.22. The highest BCUT2D eigenvalue weighted by Gasteiger charge is 2.51. The molecule has 0 atom stereocenters. The van der Waals surface area contributed by atoms with Gasteiger partial charge in [0.05, 0.1) is 25.3 Å². The summed E-state index contributed by atoms with van der Waals surface area (Å²) < 4.78 is 15.2. The number of methoxy groups -OCH3 is 2. The third kappa shape index (κ3) is 4.77. The quantitative estimate of drug-likeness (QED) is 0.579. The van der Waals surface area contributed by atoms with Gasteiger partial charge in [0.25, 0.3) is 5.91 Å². The van der Waals surface area contributed by atoms with E-state index in [-0.39, 0.29) is 23.4 Å². The van der Waals surface area contributed by atoms with E-state index in [1.165, 1.54) is 76.5 Å². The molecule has 4 saturated carbocycles. The van der Waals surface area contributed by atoms with Crippen molar-refractivity contribution in [2.24, 2.45) is 17.8 Å². The van der Waals surface area contributed by atoms with Crippen LogP contribution in [0.3, 0.4) is 0 Å². The first-order chi connectivity index (χ1) is 16.9. The summed E-state index contributed by atoms with van der Waals surface area (Å²) in [5, 5.41) is 2.67. The monoisotopic (exact) mass is 477 g/mol. The van der Waals surface area contributed by atoms with Gasteiger partial charge in [-0.2, -0.15) is 0 Å². The molecule has 4 fully saturated rings. The van der Waals surface area contributed by atoms with Gasteiger partial charge in [0, 0.05) is 5.69 Å². The predicted molar refractivity (Wildman–Crippen MR) is 130 cm³/mol. The molecule has 0 radical (unpaired) electrons. The largest absolute Gasteiger partial charge is 0.484 e. The SMILES string of the molecule is COC(=O)c1cc(NC(=O)COc2ccc(C34CC5CC(CC(C5)C3)C4)cc2)cc(C(=O)OC)c1. The number of hydrogen-bond donors (Lipinski definition) is 1. The van der Waals surface area contributed by atoms with E-state index in [0.29, 0.717) is 11.2 Å². The number of carbonyl (C=O) groups is 3. The van der Waals surface area contributed by atoms with Crippen molar-refractivity contribution in [1.29, 1.82) is 0 Å². The number of amides is 1.